The predicted octanol–water partition coefficient (Wildman–Crippen LogP) is 0.400. The van der Waals surface area contributed by atoms with Crippen molar-refractivity contribution in [2.45, 2.75) is 19.8 Å². The van der Waals surface area contributed by atoms with E-state index in [2.05, 4.69) is 9.99 Å². The molecule has 1 rings (SSSR count). The van der Waals surface area contributed by atoms with Crippen molar-refractivity contribution in [3.05, 3.63) is 0 Å². The first-order valence-corrected chi connectivity index (χ1v) is 3.58. The molecule has 5 heteroatoms. The van der Waals surface area contributed by atoms with E-state index in [-0.39, 0.29) is 12.8 Å². The Balaban J connectivity index is 2.46. The number of carbonyl (C=O) groups excluding carboxylic acids is 1. The van der Waals surface area contributed by atoms with Gasteiger partial charge in [-0.3, -0.25) is 4.79 Å². The van der Waals surface area contributed by atoms with Crippen LogP contribution in [0.2, 0.25) is 0 Å². The first-order chi connectivity index (χ1) is 5.61. The van der Waals surface area contributed by atoms with Gasteiger partial charge in [0.25, 0.3) is 0 Å². The average molecular weight is 171 g/mol. The lowest BCUT2D eigenvalue weighted by molar-refractivity contribution is -0.144. The molecule has 0 aromatic heterocycles. The van der Waals surface area contributed by atoms with E-state index >= 15 is 0 Å². The smallest absolute Gasteiger partial charge is 0.343 e. The van der Waals surface area contributed by atoms with Crippen molar-refractivity contribution >= 4 is 17.7 Å². The van der Waals surface area contributed by atoms with Gasteiger partial charge in [0, 0.05) is 6.42 Å². The van der Waals surface area contributed by atoms with E-state index < -0.39 is 17.9 Å². The maximum atomic E-state index is 10.9. The largest absolute Gasteiger partial charge is 0.481 e. The fourth-order valence-corrected chi connectivity index (χ4v) is 1.01. The first-order valence-electron chi connectivity index (χ1n) is 3.58. The van der Waals surface area contributed by atoms with Crippen LogP contribution in [-0.4, -0.2) is 22.8 Å². The standard InChI is InChI=1S/C7H9NO4/c1-4-5(2-3-6(9)10)7(11)12-8-4/h5H,2-3H2,1H3,(H,9,10)/t5-/m0/s1. The van der Waals surface area contributed by atoms with Gasteiger partial charge in [0.2, 0.25) is 0 Å². The van der Waals surface area contributed by atoms with Crippen molar-refractivity contribution in [1.82, 2.24) is 0 Å². The molecule has 1 N–H and O–H groups in total. The van der Waals surface area contributed by atoms with Crippen molar-refractivity contribution in [1.29, 1.82) is 0 Å². The highest BCUT2D eigenvalue weighted by Gasteiger charge is 2.29. The number of carboxylic acid groups (broad SMARTS) is 1. The highest BCUT2D eigenvalue weighted by molar-refractivity contribution is 6.03. The number of aliphatic carboxylic acids is 1. The van der Waals surface area contributed by atoms with E-state index in [0.717, 1.165) is 0 Å². The summed E-state index contributed by atoms with van der Waals surface area (Å²) in [6, 6.07) is 0. The molecule has 0 saturated carbocycles. The van der Waals surface area contributed by atoms with E-state index in [0.29, 0.717) is 5.71 Å². The van der Waals surface area contributed by atoms with Gasteiger partial charge in [0.05, 0.1) is 5.71 Å². The minimum atomic E-state index is -0.914. The van der Waals surface area contributed by atoms with Crippen LogP contribution in [0.15, 0.2) is 5.16 Å². The Morgan fingerprint density at radius 2 is 2.42 bits per heavy atom. The maximum Gasteiger partial charge on any atom is 0.343 e. The number of nitrogens with zero attached hydrogens (tertiary/aromatic N) is 1. The number of hydrogen-bond acceptors (Lipinski definition) is 4. The lowest BCUT2D eigenvalue weighted by atomic mass is 10.00. The van der Waals surface area contributed by atoms with E-state index in [1.165, 1.54) is 0 Å². The molecule has 66 valence electrons. The molecule has 1 aliphatic rings. The summed E-state index contributed by atoms with van der Waals surface area (Å²) in [6.45, 7) is 1.65. The zero-order valence-electron chi connectivity index (χ0n) is 6.61. The van der Waals surface area contributed by atoms with Crippen LogP contribution in [-0.2, 0) is 14.4 Å². The van der Waals surface area contributed by atoms with Crippen molar-refractivity contribution in [3.8, 4) is 0 Å². The zero-order chi connectivity index (χ0) is 9.14. The maximum absolute atomic E-state index is 10.9. The molecule has 1 aliphatic heterocycles. The van der Waals surface area contributed by atoms with E-state index in [1.54, 1.807) is 6.92 Å². The molecule has 0 aromatic carbocycles. The molecule has 0 saturated heterocycles. The Morgan fingerprint density at radius 1 is 1.75 bits per heavy atom. The minimum absolute atomic E-state index is 0.0351. The fourth-order valence-electron chi connectivity index (χ4n) is 1.01. The first kappa shape index (κ1) is 8.70. The van der Waals surface area contributed by atoms with Crippen LogP contribution in [0.1, 0.15) is 19.8 Å². The minimum Gasteiger partial charge on any atom is -0.481 e. The molecule has 0 fully saturated rings. The van der Waals surface area contributed by atoms with Gasteiger partial charge in [0.15, 0.2) is 0 Å². The molecule has 0 radical (unpaired) electrons. The van der Waals surface area contributed by atoms with Gasteiger partial charge < -0.3 is 9.94 Å². The number of rotatable bonds is 3. The third kappa shape index (κ3) is 1.81. The van der Waals surface area contributed by atoms with Gasteiger partial charge in [-0.2, -0.15) is 0 Å². The number of carbonyl (C=O) groups is 2. The van der Waals surface area contributed by atoms with Crippen LogP contribution >= 0.6 is 0 Å². The molecular formula is C7H9NO4. The third-order valence-electron chi connectivity index (χ3n) is 1.72. The predicted molar refractivity (Wildman–Crippen MR) is 39.6 cm³/mol. The lowest BCUT2D eigenvalue weighted by Gasteiger charge is -2.01. The van der Waals surface area contributed by atoms with E-state index in [9.17, 15) is 9.59 Å². The summed E-state index contributed by atoms with van der Waals surface area (Å²) in [5.41, 5.74) is 0.557. The second kappa shape index (κ2) is 3.34. The van der Waals surface area contributed by atoms with Crippen LogP contribution in [0.4, 0.5) is 0 Å². The highest BCUT2D eigenvalue weighted by Crippen LogP contribution is 2.17. The monoisotopic (exact) mass is 171 g/mol. The molecule has 0 unspecified atom stereocenters. The molecule has 0 spiro atoms. The van der Waals surface area contributed by atoms with Gasteiger partial charge >= 0.3 is 11.9 Å². The Hall–Kier alpha value is -1.39. The SMILES string of the molecule is CC1=NOC(=O)[C@H]1CCC(=O)O. The van der Waals surface area contributed by atoms with Crippen LogP contribution in [0.3, 0.4) is 0 Å². The molecule has 1 heterocycles. The highest BCUT2D eigenvalue weighted by atomic mass is 16.7. The quantitative estimate of drug-likeness (QED) is 0.623. The molecule has 5 nitrogen and oxygen atoms in total. The summed E-state index contributed by atoms with van der Waals surface area (Å²) in [5.74, 6) is -1.82. The second-order valence-electron chi connectivity index (χ2n) is 2.63. The molecule has 0 aromatic rings. The van der Waals surface area contributed by atoms with Gasteiger partial charge in [-0.15, -0.1) is 0 Å². The fraction of sp³-hybridized carbons (Fsp3) is 0.571. The number of oxime groups is 1. The van der Waals surface area contributed by atoms with Crippen LogP contribution < -0.4 is 0 Å². The number of hydrogen-bond donors (Lipinski definition) is 1. The summed E-state index contributed by atoms with van der Waals surface area (Å²) in [7, 11) is 0. The number of carboxylic acids is 1. The van der Waals surface area contributed by atoms with Crippen molar-refractivity contribution < 1.29 is 19.5 Å². The van der Waals surface area contributed by atoms with Gasteiger partial charge in [-0.05, 0) is 13.3 Å². The van der Waals surface area contributed by atoms with Gasteiger partial charge in [0.1, 0.15) is 5.92 Å². The van der Waals surface area contributed by atoms with Crippen molar-refractivity contribution in [3.63, 3.8) is 0 Å². The second-order valence-corrected chi connectivity index (χ2v) is 2.63. The molecule has 1 atom stereocenters. The van der Waals surface area contributed by atoms with Crippen LogP contribution in [0, 0.1) is 5.92 Å². The van der Waals surface area contributed by atoms with Gasteiger partial charge in [-0.25, -0.2) is 4.79 Å². The van der Waals surface area contributed by atoms with E-state index in [4.69, 9.17) is 5.11 Å². The molecule has 0 bridgehead atoms. The summed E-state index contributed by atoms with van der Waals surface area (Å²) >= 11 is 0. The molecule has 0 aliphatic carbocycles. The lowest BCUT2D eigenvalue weighted by Crippen LogP contribution is -2.17. The Kier molecular flexibility index (Phi) is 2.42. The zero-order valence-corrected chi connectivity index (χ0v) is 6.61. The summed E-state index contributed by atoms with van der Waals surface area (Å²) in [4.78, 5) is 25.4. The summed E-state index contributed by atoms with van der Waals surface area (Å²) in [6.07, 6.45) is 0.232. The average Bonchev–Trinajstić information content (AvgIpc) is 2.28. The Bertz CT molecular complexity index is 246. The molecule has 12 heavy (non-hydrogen) atoms. The Morgan fingerprint density at radius 3 is 2.83 bits per heavy atom. The topological polar surface area (TPSA) is 76.0 Å². The van der Waals surface area contributed by atoms with Crippen molar-refractivity contribution in [2.24, 2.45) is 11.1 Å². The van der Waals surface area contributed by atoms with E-state index in [1.807, 2.05) is 0 Å². The third-order valence-corrected chi connectivity index (χ3v) is 1.72. The summed E-state index contributed by atoms with van der Waals surface area (Å²) < 4.78 is 0. The van der Waals surface area contributed by atoms with Crippen molar-refractivity contribution in [2.75, 3.05) is 0 Å². The Labute approximate surface area is 69.0 Å². The summed E-state index contributed by atoms with van der Waals surface area (Å²) in [5, 5.41) is 11.8. The van der Waals surface area contributed by atoms with Crippen LogP contribution in [0.25, 0.3) is 0 Å². The van der Waals surface area contributed by atoms with Crippen LogP contribution in [0.5, 0.6) is 0 Å². The normalized spacial score (nSPS) is 21.9. The van der Waals surface area contributed by atoms with Gasteiger partial charge in [-0.1, -0.05) is 5.16 Å². The molecular weight excluding hydrogens is 162 g/mol. The molecule has 0 amide bonds.